The van der Waals surface area contributed by atoms with Crippen LogP contribution < -0.4 is 4.57 Å². The Hall–Kier alpha value is -2.12. The molecule has 0 aliphatic carbocycles. The van der Waals surface area contributed by atoms with Crippen molar-refractivity contribution in [2.45, 2.75) is 47.0 Å². The first kappa shape index (κ1) is 26.1. The normalized spacial score (nSPS) is 10.8. The lowest BCUT2D eigenvalue weighted by Gasteiger charge is -2.19. The number of nitrogens with zero attached hydrogens (tertiary/aromatic N) is 1. The zero-order chi connectivity index (χ0) is 23.7. The van der Waals surface area contributed by atoms with E-state index in [9.17, 15) is 14.4 Å². The van der Waals surface area contributed by atoms with Gasteiger partial charge in [0.25, 0.3) is 0 Å². The second-order valence-electron chi connectivity index (χ2n) is 7.25. The predicted octanol–water partition coefficient (Wildman–Crippen LogP) is 5.02. The minimum Gasteiger partial charge on any atom is -0.462 e. The van der Waals surface area contributed by atoms with Gasteiger partial charge in [-0.1, -0.05) is 62.5 Å². The average Bonchev–Trinajstić information content (AvgIpc) is 2.77. The van der Waals surface area contributed by atoms with Crippen molar-refractivity contribution in [2.24, 2.45) is 7.05 Å². The van der Waals surface area contributed by atoms with Gasteiger partial charge in [0, 0.05) is 24.7 Å². The van der Waals surface area contributed by atoms with Crippen LogP contribution in [0, 0.1) is 0 Å². The molecule has 7 heteroatoms. The number of pyridine rings is 1. The van der Waals surface area contributed by atoms with E-state index in [0.717, 1.165) is 17.0 Å². The third kappa shape index (κ3) is 6.23. The summed E-state index contributed by atoms with van der Waals surface area (Å²) in [6.45, 7) is 7.73. The SMILES string of the molecule is CCCOC(=O)c1c(CCSC(C)=O)c(C(=O)SCC)c(CC)[n+](C)c1-c1ccccc1. The Morgan fingerprint density at radius 2 is 1.69 bits per heavy atom. The van der Waals surface area contributed by atoms with Gasteiger partial charge in [0.1, 0.15) is 12.6 Å². The smallest absolute Gasteiger partial charge is 0.345 e. The van der Waals surface area contributed by atoms with Gasteiger partial charge in [-0.05, 0) is 36.3 Å². The molecule has 0 N–H and O–H groups in total. The highest BCUT2D eigenvalue weighted by molar-refractivity contribution is 8.14. The Morgan fingerprint density at radius 1 is 1.00 bits per heavy atom. The molecule has 1 aromatic heterocycles. The Balaban J connectivity index is 2.89. The average molecular weight is 475 g/mol. The summed E-state index contributed by atoms with van der Waals surface area (Å²) >= 11 is 2.44. The maximum Gasteiger partial charge on any atom is 0.345 e. The minimum absolute atomic E-state index is 0.0106. The summed E-state index contributed by atoms with van der Waals surface area (Å²) in [4.78, 5) is 38.2. The van der Waals surface area contributed by atoms with E-state index in [0.29, 0.717) is 54.1 Å². The molecule has 0 saturated heterocycles. The van der Waals surface area contributed by atoms with E-state index in [4.69, 9.17) is 4.74 Å². The van der Waals surface area contributed by atoms with Gasteiger partial charge in [0.05, 0.1) is 12.2 Å². The van der Waals surface area contributed by atoms with Crippen LogP contribution in [-0.4, -0.2) is 34.3 Å². The number of aromatic nitrogens is 1. The van der Waals surface area contributed by atoms with E-state index in [1.165, 1.54) is 30.4 Å². The van der Waals surface area contributed by atoms with Gasteiger partial charge in [-0.3, -0.25) is 9.59 Å². The second kappa shape index (κ2) is 12.8. The lowest BCUT2D eigenvalue weighted by Crippen LogP contribution is -2.41. The number of hydrogen-bond acceptors (Lipinski definition) is 6. The maximum absolute atomic E-state index is 13.4. The van der Waals surface area contributed by atoms with E-state index >= 15 is 0 Å². The number of carbonyl (C=O) groups is 3. The van der Waals surface area contributed by atoms with Gasteiger partial charge in [-0.25, -0.2) is 4.79 Å². The van der Waals surface area contributed by atoms with Gasteiger partial charge in [-0.15, -0.1) is 0 Å². The summed E-state index contributed by atoms with van der Waals surface area (Å²) in [6, 6.07) is 9.71. The highest BCUT2D eigenvalue weighted by Crippen LogP contribution is 2.31. The first-order valence-corrected chi connectivity index (χ1v) is 12.9. The van der Waals surface area contributed by atoms with Crippen LogP contribution in [0.1, 0.15) is 66.1 Å². The molecule has 172 valence electrons. The van der Waals surface area contributed by atoms with Crippen molar-refractivity contribution in [3.05, 3.63) is 52.7 Å². The summed E-state index contributed by atoms with van der Waals surface area (Å²) in [5.74, 6) is 0.705. The van der Waals surface area contributed by atoms with Gasteiger partial charge >= 0.3 is 5.97 Å². The number of benzene rings is 1. The fourth-order valence-electron chi connectivity index (χ4n) is 3.74. The van der Waals surface area contributed by atoms with Gasteiger partial charge in [0.15, 0.2) is 10.8 Å². The highest BCUT2D eigenvalue weighted by atomic mass is 32.2. The molecule has 0 bridgehead atoms. The molecule has 0 aliphatic rings. The van der Waals surface area contributed by atoms with Crippen LogP contribution in [0.4, 0.5) is 0 Å². The molecule has 5 nitrogen and oxygen atoms in total. The van der Waals surface area contributed by atoms with E-state index in [2.05, 4.69) is 0 Å². The van der Waals surface area contributed by atoms with Crippen molar-refractivity contribution in [1.29, 1.82) is 0 Å². The van der Waals surface area contributed by atoms with E-state index < -0.39 is 5.97 Å². The van der Waals surface area contributed by atoms with Crippen molar-refractivity contribution in [1.82, 2.24) is 0 Å². The lowest BCUT2D eigenvalue weighted by atomic mass is 9.92. The summed E-state index contributed by atoms with van der Waals surface area (Å²) in [5, 5.41) is -0.0386. The Kier molecular flexibility index (Phi) is 10.5. The first-order valence-electron chi connectivity index (χ1n) is 11.0. The largest absolute Gasteiger partial charge is 0.462 e. The van der Waals surface area contributed by atoms with Crippen molar-refractivity contribution in [3.63, 3.8) is 0 Å². The molecule has 2 rings (SSSR count). The number of hydrogen-bond donors (Lipinski definition) is 0. The molecule has 0 saturated carbocycles. The molecule has 32 heavy (non-hydrogen) atoms. The molecule has 0 spiro atoms. The Labute approximate surface area is 199 Å². The number of rotatable bonds is 10. The molecule has 0 amide bonds. The van der Waals surface area contributed by atoms with Crippen LogP contribution in [0.15, 0.2) is 30.3 Å². The van der Waals surface area contributed by atoms with Crippen molar-refractivity contribution < 1.29 is 23.7 Å². The summed E-state index contributed by atoms with van der Waals surface area (Å²) < 4.78 is 7.55. The van der Waals surface area contributed by atoms with Gasteiger partial charge in [-0.2, -0.15) is 4.57 Å². The molecule has 1 aromatic carbocycles. The summed E-state index contributed by atoms with van der Waals surface area (Å²) in [7, 11) is 1.90. The predicted molar refractivity (Wildman–Crippen MR) is 132 cm³/mol. The zero-order valence-corrected chi connectivity index (χ0v) is 21.2. The van der Waals surface area contributed by atoms with Gasteiger partial charge < -0.3 is 4.74 Å². The fourth-order valence-corrected chi connectivity index (χ4v) is 4.98. The molecular formula is C25H32NO4S2+. The van der Waals surface area contributed by atoms with E-state index in [-0.39, 0.29) is 10.2 Å². The van der Waals surface area contributed by atoms with E-state index in [1.54, 1.807) is 0 Å². The van der Waals surface area contributed by atoms with Crippen LogP contribution in [0.25, 0.3) is 11.3 Å². The molecule has 1 heterocycles. The molecule has 0 fully saturated rings. The van der Waals surface area contributed by atoms with Crippen LogP contribution in [-0.2, 0) is 29.4 Å². The third-order valence-electron chi connectivity index (χ3n) is 5.03. The number of thioether (sulfide) groups is 2. The topological polar surface area (TPSA) is 64.3 Å². The maximum atomic E-state index is 13.4. The van der Waals surface area contributed by atoms with Crippen LogP contribution in [0.2, 0.25) is 0 Å². The molecule has 0 unspecified atom stereocenters. The molecule has 0 aliphatic heterocycles. The lowest BCUT2D eigenvalue weighted by molar-refractivity contribution is -0.668. The monoisotopic (exact) mass is 474 g/mol. The number of esters is 1. The fraction of sp³-hybridized carbons (Fsp3) is 0.440. The quantitative estimate of drug-likeness (QED) is 0.356. The summed E-state index contributed by atoms with van der Waals surface area (Å²) in [5.41, 5.74) is 4.19. The van der Waals surface area contributed by atoms with Crippen LogP contribution in [0.3, 0.4) is 0 Å². The van der Waals surface area contributed by atoms with Crippen molar-refractivity contribution >= 4 is 39.7 Å². The number of carbonyl (C=O) groups excluding carboxylic acids is 3. The van der Waals surface area contributed by atoms with Crippen molar-refractivity contribution in [2.75, 3.05) is 18.1 Å². The van der Waals surface area contributed by atoms with E-state index in [1.807, 2.05) is 62.7 Å². The second-order valence-corrected chi connectivity index (χ2v) is 9.76. The minimum atomic E-state index is -0.428. The molecule has 0 radical (unpaired) electrons. The molecule has 0 atom stereocenters. The van der Waals surface area contributed by atoms with Crippen LogP contribution >= 0.6 is 23.5 Å². The zero-order valence-electron chi connectivity index (χ0n) is 19.5. The standard InChI is InChI=1S/C25H32NO4S2/c1-6-15-30-24(28)22-19(14-16-32-17(4)27)21(25(29)31-8-3)20(7-2)26(5)23(22)18-12-10-9-11-13-18/h9-13H,6-8,14-16H2,1-5H3/q+1. The third-order valence-corrected chi connectivity index (χ3v) is 6.60. The molecular weight excluding hydrogens is 442 g/mol. The van der Waals surface area contributed by atoms with Crippen molar-refractivity contribution in [3.8, 4) is 11.3 Å². The Morgan fingerprint density at radius 3 is 2.25 bits per heavy atom. The first-order chi connectivity index (χ1) is 15.4. The number of ether oxygens (including phenoxy) is 1. The van der Waals surface area contributed by atoms with Crippen LogP contribution in [0.5, 0.6) is 0 Å². The summed E-state index contributed by atoms with van der Waals surface area (Å²) in [6.07, 6.45) is 1.78. The highest BCUT2D eigenvalue weighted by Gasteiger charge is 2.35. The van der Waals surface area contributed by atoms with Gasteiger partial charge in [0.2, 0.25) is 10.8 Å². The Bertz CT molecular complexity index is 974. The molecule has 2 aromatic rings.